The number of ether oxygens (including phenoxy) is 3. The minimum atomic E-state index is 0. The summed E-state index contributed by atoms with van der Waals surface area (Å²) in [5.41, 5.74) is 2.24. The van der Waals surface area contributed by atoms with Gasteiger partial charge in [-0.1, -0.05) is 12.1 Å². The van der Waals surface area contributed by atoms with Crippen molar-refractivity contribution in [3.63, 3.8) is 0 Å². The molecule has 1 aliphatic heterocycles. The first kappa shape index (κ1) is 17.4. The Morgan fingerprint density at radius 3 is 2.91 bits per heavy atom. The van der Waals surface area contributed by atoms with Crippen molar-refractivity contribution in [2.75, 3.05) is 20.3 Å². The minimum Gasteiger partial charge on any atom is -0.490 e. The molecule has 1 aromatic carbocycles. The van der Waals surface area contributed by atoms with Crippen molar-refractivity contribution in [2.24, 2.45) is 0 Å². The summed E-state index contributed by atoms with van der Waals surface area (Å²) in [4.78, 5) is 4.11. The third-order valence-corrected chi connectivity index (χ3v) is 3.51. The molecule has 0 bridgehead atoms. The number of hydrogen-bond donors (Lipinski definition) is 1. The molecule has 0 spiro atoms. The van der Waals surface area contributed by atoms with E-state index >= 15 is 0 Å². The number of pyridine rings is 1. The summed E-state index contributed by atoms with van der Waals surface area (Å²) in [5, 5.41) is 3.42. The number of nitrogens with zero attached hydrogens (tertiary/aromatic N) is 1. The summed E-state index contributed by atoms with van der Waals surface area (Å²) in [6, 6.07) is 9.92. The molecule has 0 radical (unpaired) electrons. The Labute approximate surface area is 142 Å². The van der Waals surface area contributed by atoms with Crippen LogP contribution in [-0.2, 0) is 13.1 Å². The zero-order valence-corrected chi connectivity index (χ0v) is 13.9. The summed E-state index contributed by atoms with van der Waals surface area (Å²) in [6.07, 6.45) is 2.67. The molecule has 1 aliphatic rings. The van der Waals surface area contributed by atoms with Crippen LogP contribution in [-0.4, -0.2) is 25.3 Å². The average Bonchev–Trinajstić information content (AvgIpc) is 2.81. The number of para-hydroxylation sites is 1. The van der Waals surface area contributed by atoms with Gasteiger partial charge in [-0.25, -0.2) is 4.98 Å². The van der Waals surface area contributed by atoms with Crippen molar-refractivity contribution in [1.82, 2.24) is 10.3 Å². The van der Waals surface area contributed by atoms with E-state index in [2.05, 4.69) is 16.4 Å². The molecule has 6 heteroatoms. The molecule has 0 unspecified atom stereocenters. The number of nitrogens with one attached hydrogen (secondary N) is 1. The van der Waals surface area contributed by atoms with Gasteiger partial charge in [-0.15, -0.1) is 12.4 Å². The largest absolute Gasteiger partial charge is 0.490 e. The quantitative estimate of drug-likeness (QED) is 0.909. The first-order chi connectivity index (χ1) is 10.9. The Bertz CT molecular complexity index is 637. The molecule has 1 aromatic heterocycles. The minimum absolute atomic E-state index is 0. The third kappa shape index (κ3) is 4.50. The van der Waals surface area contributed by atoms with Crippen LogP contribution in [0.2, 0.25) is 0 Å². The van der Waals surface area contributed by atoms with E-state index in [0.29, 0.717) is 19.1 Å². The molecule has 0 saturated carbocycles. The van der Waals surface area contributed by atoms with E-state index < -0.39 is 0 Å². The zero-order valence-electron chi connectivity index (χ0n) is 13.1. The van der Waals surface area contributed by atoms with Crippen molar-refractivity contribution >= 4 is 12.4 Å². The van der Waals surface area contributed by atoms with E-state index in [1.165, 1.54) is 0 Å². The summed E-state index contributed by atoms with van der Waals surface area (Å²) in [6.45, 7) is 2.87. The summed E-state index contributed by atoms with van der Waals surface area (Å²) >= 11 is 0. The summed E-state index contributed by atoms with van der Waals surface area (Å²) in [5.74, 6) is 2.33. The van der Waals surface area contributed by atoms with Crippen LogP contribution in [0.4, 0.5) is 0 Å². The molecular weight excluding hydrogens is 316 g/mol. The van der Waals surface area contributed by atoms with Crippen molar-refractivity contribution in [3.8, 4) is 17.4 Å². The lowest BCUT2D eigenvalue weighted by atomic mass is 10.1. The Morgan fingerprint density at radius 1 is 1.17 bits per heavy atom. The predicted octanol–water partition coefficient (Wildman–Crippen LogP) is 2.96. The van der Waals surface area contributed by atoms with E-state index in [0.717, 1.165) is 42.1 Å². The van der Waals surface area contributed by atoms with Gasteiger partial charge in [0, 0.05) is 37.3 Å². The first-order valence-corrected chi connectivity index (χ1v) is 7.44. The number of methoxy groups -OCH3 is 1. The van der Waals surface area contributed by atoms with Crippen LogP contribution < -0.4 is 19.5 Å². The van der Waals surface area contributed by atoms with Crippen LogP contribution in [0.5, 0.6) is 17.4 Å². The van der Waals surface area contributed by atoms with E-state index in [-0.39, 0.29) is 12.4 Å². The molecule has 0 aliphatic carbocycles. The van der Waals surface area contributed by atoms with E-state index in [4.69, 9.17) is 14.2 Å². The van der Waals surface area contributed by atoms with Gasteiger partial charge in [-0.05, 0) is 17.7 Å². The Hall–Kier alpha value is -1.98. The van der Waals surface area contributed by atoms with E-state index in [9.17, 15) is 0 Å². The van der Waals surface area contributed by atoms with Gasteiger partial charge in [-0.2, -0.15) is 0 Å². The average molecular weight is 337 g/mol. The van der Waals surface area contributed by atoms with Crippen LogP contribution in [0.1, 0.15) is 17.5 Å². The number of benzene rings is 1. The standard InChI is InChI=1S/C17H20N2O3.ClH/c1-20-16-10-13(6-7-19-16)11-18-12-14-4-2-5-15-17(14)22-9-3-8-21-15;/h2,4-7,10,18H,3,8-9,11-12H2,1H3;1H. The molecule has 3 rings (SSSR count). The number of fused-ring (bicyclic) bond motifs is 1. The second-order valence-corrected chi connectivity index (χ2v) is 5.10. The highest BCUT2D eigenvalue weighted by Gasteiger charge is 2.13. The maximum Gasteiger partial charge on any atom is 0.213 e. The Balaban J connectivity index is 0.00000192. The van der Waals surface area contributed by atoms with Gasteiger partial charge in [0.05, 0.1) is 20.3 Å². The van der Waals surface area contributed by atoms with Gasteiger partial charge >= 0.3 is 0 Å². The Kier molecular flexibility index (Phi) is 6.50. The topological polar surface area (TPSA) is 52.6 Å². The lowest BCUT2D eigenvalue weighted by Crippen LogP contribution is -2.14. The maximum atomic E-state index is 5.82. The fourth-order valence-electron chi connectivity index (χ4n) is 2.41. The number of hydrogen-bond acceptors (Lipinski definition) is 5. The molecule has 1 N–H and O–H groups in total. The molecule has 23 heavy (non-hydrogen) atoms. The fourth-order valence-corrected chi connectivity index (χ4v) is 2.41. The van der Waals surface area contributed by atoms with Gasteiger partial charge in [0.15, 0.2) is 11.5 Å². The van der Waals surface area contributed by atoms with E-state index in [1.807, 2.05) is 24.3 Å². The van der Waals surface area contributed by atoms with Gasteiger partial charge < -0.3 is 19.5 Å². The van der Waals surface area contributed by atoms with Crippen LogP contribution in [0, 0.1) is 0 Å². The molecule has 0 amide bonds. The van der Waals surface area contributed by atoms with Gasteiger partial charge in [0.1, 0.15) is 0 Å². The highest BCUT2D eigenvalue weighted by atomic mass is 35.5. The van der Waals surface area contributed by atoms with Crippen LogP contribution in [0.3, 0.4) is 0 Å². The van der Waals surface area contributed by atoms with Gasteiger partial charge in [0.25, 0.3) is 0 Å². The maximum absolute atomic E-state index is 5.82. The molecule has 0 fully saturated rings. The van der Waals surface area contributed by atoms with Crippen LogP contribution >= 0.6 is 12.4 Å². The highest BCUT2D eigenvalue weighted by Crippen LogP contribution is 2.33. The van der Waals surface area contributed by atoms with Crippen molar-refractivity contribution in [1.29, 1.82) is 0 Å². The molecular formula is C17H21ClN2O3. The third-order valence-electron chi connectivity index (χ3n) is 3.51. The summed E-state index contributed by atoms with van der Waals surface area (Å²) < 4.78 is 16.7. The molecule has 2 heterocycles. The molecule has 0 saturated heterocycles. The zero-order chi connectivity index (χ0) is 15.2. The van der Waals surface area contributed by atoms with Gasteiger partial charge in [0.2, 0.25) is 5.88 Å². The lowest BCUT2D eigenvalue weighted by Gasteiger charge is -2.13. The number of halogens is 1. The lowest BCUT2D eigenvalue weighted by molar-refractivity contribution is 0.296. The fraction of sp³-hybridized carbons (Fsp3) is 0.353. The number of aromatic nitrogens is 1. The van der Waals surface area contributed by atoms with Gasteiger partial charge in [-0.3, -0.25) is 0 Å². The Morgan fingerprint density at radius 2 is 2.04 bits per heavy atom. The molecule has 124 valence electrons. The molecule has 0 atom stereocenters. The predicted molar refractivity (Wildman–Crippen MR) is 90.6 cm³/mol. The monoisotopic (exact) mass is 336 g/mol. The van der Waals surface area contributed by atoms with Crippen molar-refractivity contribution in [2.45, 2.75) is 19.5 Å². The normalized spacial score (nSPS) is 12.9. The first-order valence-electron chi connectivity index (χ1n) is 7.44. The van der Waals surface area contributed by atoms with Crippen molar-refractivity contribution < 1.29 is 14.2 Å². The highest BCUT2D eigenvalue weighted by molar-refractivity contribution is 5.85. The van der Waals surface area contributed by atoms with E-state index in [1.54, 1.807) is 13.3 Å². The number of rotatable bonds is 5. The smallest absolute Gasteiger partial charge is 0.213 e. The second-order valence-electron chi connectivity index (χ2n) is 5.10. The summed E-state index contributed by atoms with van der Waals surface area (Å²) in [7, 11) is 1.62. The molecule has 2 aromatic rings. The van der Waals surface area contributed by atoms with Crippen molar-refractivity contribution in [3.05, 3.63) is 47.7 Å². The molecule has 5 nitrogen and oxygen atoms in total. The van der Waals surface area contributed by atoms with Crippen LogP contribution in [0.25, 0.3) is 0 Å². The SMILES string of the molecule is COc1cc(CNCc2cccc3c2OCCCO3)ccn1.Cl. The second kappa shape index (κ2) is 8.60. The van der Waals surface area contributed by atoms with Crippen LogP contribution in [0.15, 0.2) is 36.5 Å².